The molecule has 0 aliphatic heterocycles. The first-order valence-corrected chi connectivity index (χ1v) is 5.01. The monoisotopic (exact) mass is 182 g/mol. The van der Waals surface area contributed by atoms with Gasteiger partial charge in [0.1, 0.15) is 0 Å². The average molecular weight is 182 g/mol. The quantitative estimate of drug-likeness (QED) is 0.627. The van der Waals surface area contributed by atoms with Gasteiger partial charge in [-0.15, -0.1) is 0 Å². The number of hydrogen-bond acceptors (Lipinski definition) is 2. The van der Waals surface area contributed by atoms with Crippen molar-refractivity contribution in [2.75, 3.05) is 6.54 Å². The summed E-state index contributed by atoms with van der Waals surface area (Å²) in [6.07, 6.45) is 4.89. The summed E-state index contributed by atoms with van der Waals surface area (Å²) in [7, 11) is 0. The van der Waals surface area contributed by atoms with Gasteiger partial charge in [0.15, 0.2) is 0 Å². The molecule has 0 aromatic carbocycles. The zero-order valence-electron chi connectivity index (χ0n) is 8.39. The summed E-state index contributed by atoms with van der Waals surface area (Å²) in [6, 6.07) is 0.448. The van der Waals surface area contributed by atoms with E-state index in [4.69, 9.17) is 0 Å². The topological polar surface area (TPSA) is 41.1 Å². The van der Waals surface area contributed by atoms with Crippen LogP contribution in [-0.2, 0) is 4.79 Å². The molecule has 0 unspecified atom stereocenters. The maximum Gasteiger partial charge on any atom is 0.248 e. The molecule has 1 saturated carbocycles. The van der Waals surface area contributed by atoms with Gasteiger partial charge < -0.3 is 10.6 Å². The third-order valence-electron chi connectivity index (χ3n) is 2.07. The normalized spacial score (nSPS) is 16.9. The van der Waals surface area contributed by atoms with Crippen molar-refractivity contribution in [3.8, 4) is 0 Å². The second-order valence-electron chi connectivity index (χ2n) is 3.33. The van der Waals surface area contributed by atoms with Crippen molar-refractivity contribution in [3.63, 3.8) is 0 Å². The zero-order chi connectivity index (χ0) is 9.68. The number of carbonyl (C=O) groups excluding carboxylic acids is 1. The summed E-state index contributed by atoms with van der Waals surface area (Å²) in [6.45, 7) is 4.87. The Balaban J connectivity index is 2.38. The Kier molecular flexibility index (Phi) is 3.80. The molecular formula is C10H18N2O. The molecule has 74 valence electrons. The zero-order valence-corrected chi connectivity index (χ0v) is 8.39. The Morgan fingerprint density at radius 3 is 2.62 bits per heavy atom. The van der Waals surface area contributed by atoms with Gasteiger partial charge in [0.25, 0.3) is 0 Å². The second-order valence-corrected chi connectivity index (χ2v) is 3.33. The van der Waals surface area contributed by atoms with Crippen LogP contribution in [0, 0.1) is 0 Å². The molecule has 0 spiro atoms. The fourth-order valence-corrected chi connectivity index (χ4v) is 1.06. The van der Waals surface area contributed by atoms with Crippen LogP contribution in [0.25, 0.3) is 0 Å². The number of amides is 1. The number of rotatable bonds is 5. The second kappa shape index (κ2) is 4.90. The van der Waals surface area contributed by atoms with E-state index in [0.29, 0.717) is 6.04 Å². The number of hydrogen-bond donors (Lipinski definition) is 2. The summed E-state index contributed by atoms with van der Waals surface area (Å²) < 4.78 is 0. The van der Waals surface area contributed by atoms with Gasteiger partial charge in [-0.05, 0) is 26.2 Å². The molecule has 1 fully saturated rings. The standard InChI is InChI=1S/C10H18N2O/c1-3-8(7-11-4-2)10(13)12-9-5-6-9/h7,9,11H,3-6H2,1-2H3,(H,12,13)/b8-7+. The molecule has 1 aliphatic rings. The maximum atomic E-state index is 11.5. The van der Waals surface area contributed by atoms with Crippen LogP contribution < -0.4 is 10.6 Å². The van der Waals surface area contributed by atoms with Crippen molar-refractivity contribution in [2.24, 2.45) is 0 Å². The van der Waals surface area contributed by atoms with Crippen molar-refractivity contribution < 1.29 is 4.79 Å². The lowest BCUT2D eigenvalue weighted by Gasteiger charge is -2.05. The Bertz CT molecular complexity index is 207. The van der Waals surface area contributed by atoms with Gasteiger partial charge >= 0.3 is 0 Å². The molecule has 0 atom stereocenters. The molecule has 2 N–H and O–H groups in total. The minimum Gasteiger partial charge on any atom is -0.391 e. The molecule has 0 aromatic rings. The van der Waals surface area contributed by atoms with Crippen LogP contribution in [-0.4, -0.2) is 18.5 Å². The highest BCUT2D eigenvalue weighted by molar-refractivity contribution is 5.93. The Hall–Kier alpha value is -0.990. The number of carbonyl (C=O) groups is 1. The molecule has 1 rings (SSSR count). The highest BCUT2D eigenvalue weighted by Gasteiger charge is 2.23. The summed E-state index contributed by atoms with van der Waals surface area (Å²) in [4.78, 5) is 11.5. The lowest BCUT2D eigenvalue weighted by atomic mass is 10.2. The highest BCUT2D eigenvalue weighted by atomic mass is 16.1. The highest BCUT2D eigenvalue weighted by Crippen LogP contribution is 2.19. The van der Waals surface area contributed by atoms with E-state index in [9.17, 15) is 4.79 Å². The Morgan fingerprint density at radius 2 is 2.15 bits per heavy atom. The van der Waals surface area contributed by atoms with Crippen LogP contribution in [0.15, 0.2) is 11.8 Å². The average Bonchev–Trinajstić information content (AvgIpc) is 2.90. The van der Waals surface area contributed by atoms with Crippen LogP contribution in [0.5, 0.6) is 0 Å². The first kappa shape index (κ1) is 10.1. The number of nitrogens with one attached hydrogen (secondary N) is 2. The summed E-state index contributed by atoms with van der Waals surface area (Å²) in [5.41, 5.74) is 0.841. The largest absolute Gasteiger partial charge is 0.391 e. The van der Waals surface area contributed by atoms with Gasteiger partial charge in [-0.25, -0.2) is 0 Å². The summed E-state index contributed by atoms with van der Waals surface area (Å²) >= 11 is 0. The van der Waals surface area contributed by atoms with Crippen molar-refractivity contribution in [2.45, 2.75) is 39.2 Å². The van der Waals surface area contributed by atoms with Crippen molar-refractivity contribution in [1.82, 2.24) is 10.6 Å². The Morgan fingerprint density at radius 1 is 1.46 bits per heavy atom. The van der Waals surface area contributed by atoms with E-state index in [2.05, 4.69) is 10.6 Å². The molecular weight excluding hydrogens is 164 g/mol. The van der Waals surface area contributed by atoms with Gasteiger partial charge in [-0.1, -0.05) is 6.92 Å². The third-order valence-corrected chi connectivity index (χ3v) is 2.07. The van der Waals surface area contributed by atoms with Gasteiger partial charge in [0.2, 0.25) is 5.91 Å². The molecule has 0 heterocycles. The van der Waals surface area contributed by atoms with E-state index in [0.717, 1.165) is 31.4 Å². The maximum absolute atomic E-state index is 11.5. The van der Waals surface area contributed by atoms with Crippen LogP contribution >= 0.6 is 0 Å². The SMILES string of the molecule is CCN/C=C(\CC)C(=O)NC1CC1. The van der Waals surface area contributed by atoms with E-state index in [-0.39, 0.29) is 5.91 Å². The third kappa shape index (κ3) is 3.49. The predicted octanol–water partition coefficient (Wildman–Crippen LogP) is 1.17. The molecule has 3 heteroatoms. The smallest absolute Gasteiger partial charge is 0.248 e. The van der Waals surface area contributed by atoms with E-state index in [1.54, 1.807) is 0 Å². The van der Waals surface area contributed by atoms with Gasteiger partial charge in [0, 0.05) is 24.4 Å². The summed E-state index contributed by atoms with van der Waals surface area (Å²) in [5, 5.41) is 6.02. The predicted molar refractivity (Wildman–Crippen MR) is 53.2 cm³/mol. The van der Waals surface area contributed by atoms with Crippen LogP contribution in [0.4, 0.5) is 0 Å². The van der Waals surface area contributed by atoms with Crippen LogP contribution in [0.3, 0.4) is 0 Å². The van der Waals surface area contributed by atoms with Crippen molar-refractivity contribution in [3.05, 3.63) is 11.8 Å². The van der Waals surface area contributed by atoms with E-state index >= 15 is 0 Å². The molecule has 3 nitrogen and oxygen atoms in total. The lowest BCUT2D eigenvalue weighted by molar-refractivity contribution is -0.117. The molecule has 1 amide bonds. The first-order valence-electron chi connectivity index (χ1n) is 5.01. The molecule has 1 aliphatic carbocycles. The first-order chi connectivity index (χ1) is 6.27. The minimum atomic E-state index is 0.0888. The molecule has 0 radical (unpaired) electrons. The molecule has 0 saturated heterocycles. The molecule has 13 heavy (non-hydrogen) atoms. The van der Waals surface area contributed by atoms with Crippen molar-refractivity contribution >= 4 is 5.91 Å². The fraction of sp³-hybridized carbons (Fsp3) is 0.700. The van der Waals surface area contributed by atoms with Crippen molar-refractivity contribution in [1.29, 1.82) is 0 Å². The van der Waals surface area contributed by atoms with Gasteiger partial charge in [-0.3, -0.25) is 4.79 Å². The molecule has 0 bridgehead atoms. The van der Waals surface area contributed by atoms with Gasteiger partial charge in [-0.2, -0.15) is 0 Å². The van der Waals surface area contributed by atoms with E-state index < -0.39 is 0 Å². The Labute approximate surface area is 79.6 Å². The van der Waals surface area contributed by atoms with E-state index in [1.165, 1.54) is 0 Å². The van der Waals surface area contributed by atoms with E-state index in [1.807, 2.05) is 20.0 Å². The van der Waals surface area contributed by atoms with Crippen LogP contribution in [0.2, 0.25) is 0 Å². The summed E-state index contributed by atoms with van der Waals surface area (Å²) in [5.74, 6) is 0.0888. The molecule has 0 aromatic heterocycles. The fourth-order valence-electron chi connectivity index (χ4n) is 1.06. The minimum absolute atomic E-state index is 0.0888. The van der Waals surface area contributed by atoms with Crippen LogP contribution in [0.1, 0.15) is 33.1 Å². The van der Waals surface area contributed by atoms with Gasteiger partial charge in [0.05, 0.1) is 0 Å². The lowest BCUT2D eigenvalue weighted by Crippen LogP contribution is -2.27.